The normalized spacial score (nSPS) is 11.7. The van der Waals surface area contributed by atoms with Gasteiger partial charge in [0.2, 0.25) is 0 Å². The van der Waals surface area contributed by atoms with E-state index in [9.17, 15) is 4.79 Å². The van der Waals surface area contributed by atoms with Gasteiger partial charge >= 0.3 is 5.97 Å². The van der Waals surface area contributed by atoms with E-state index in [4.69, 9.17) is 26.1 Å². The molecule has 7 heteroatoms. The number of carbonyl (C=O) groups is 1. The minimum atomic E-state index is -0.445. The molecule has 0 bridgehead atoms. The van der Waals surface area contributed by atoms with Crippen molar-refractivity contribution < 1.29 is 14.3 Å². The highest BCUT2D eigenvalue weighted by Gasteiger charge is 2.23. The molecule has 6 nitrogen and oxygen atoms in total. The SMILES string of the molecule is COC(=O)/C=C/c1c(-c2nc3ccccc3nc2Cl)c2cc(OC)ccc2n1C(C)C. The number of methoxy groups -OCH3 is 2. The van der Waals surface area contributed by atoms with Crippen molar-refractivity contribution in [1.82, 2.24) is 14.5 Å². The molecular formula is C24H22ClN3O3. The fourth-order valence-electron chi connectivity index (χ4n) is 3.76. The van der Waals surface area contributed by atoms with Gasteiger partial charge in [-0.3, -0.25) is 0 Å². The largest absolute Gasteiger partial charge is 0.497 e. The van der Waals surface area contributed by atoms with Crippen molar-refractivity contribution in [3.63, 3.8) is 0 Å². The molecule has 4 aromatic rings. The van der Waals surface area contributed by atoms with Crippen LogP contribution in [0.1, 0.15) is 25.6 Å². The van der Waals surface area contributed by atoms with Crippen LogP contribution in [0.3, 0.4) is 0 Å². The Morgan fingerprint density at radius 1 is 1.10 bits per heavy atom. The molecule has 31 heavy (non-hydrogen) atoms. The number of nitrogens with zero attached hydrogens (tertiary/aromatic N) is 3. The third-order valence-electron chi connectivity index (χ3n) is 5.11. The van der Waals surface area contributed by atoms with Gasteiger partial charge in [-0.2, -0.15) is 0 Å². The smallest absolute Gasteiger partial charge is 0.330 e. The minimum absolute atomic E-state index is 0.106. The van der Waals surface area contributed by atoms with Crippen molar-refractivity contribution in [3.8, 4) is 17.0 Å². The van der Waals surface area contributed by atoms with Crippen LogP contribution in [0.4, 0.5) is 0 Å². The molecule has 0 radical (unpaired) electrons. The average Bonchev–Trinajstić information content (AvgIpc) is 3.10. The van der Waals surface area contributed by atoms with E-state index in [0.717, 1.165) is 27.7 Å². The number of para-hydroxylation sites is 2. The van der Waals surface area contributed by atoms with Gasteiger partial charge in [0.15, 0.2) is 5.15 Å². The number of fused-ring (bicyclic) bond motifs is 2. The molecule has 4 rings (SSSR count). The summed E-state index contributed by atoms with van der Waals surface area (Å²) in [6, 6.07) is 13.5. The quantitative estimate of drug-likeness (QED) is 0.298. The number of carbonyl (C=O) groups excluding carboxylic acids is 1. The number of ether oxygens (including phenoxy) is 2. The van der Waals surface area contributed by atoms with Crippen LogP contribution >= 0.6 is 11.6 Å². The maximum Gasteiger partial charge on any atom is 0.330 e. The number of rotatable bonds is 5. The summed E-state index contributed by atoms with van der Waals surface area (Å²) >= 11 is 6.63. The summed E-state index contributed by atoms with van der Waals surface area (Å²) in [6.45, 7) is 4.16. The fourth-order valence-corrected chi connectivity index (χ4v) is 3.99. The lowest BCUT2D eigenvalue weighted by Crippen LogP contribution is -2.04. The van der Waals surface area contributed by atoms with Gasteiger partial charge in [-0.1, -0.05) is 23.7 Å². The molecule has 0 aliphatic carbocycles. The molecule has 2 aromatic carbocycles. The second-order valence-corrected chi connectivity index (χ2v) is 7.67. The van der Waals surface area contributed by atoms with Gasteiger partial charge in [0.05, 0.1) is 30.9 Å². The lowest BCUT2D eigenvalue weighted by atomic mass is 10.1. The van der Waals surface area contributed by atoms with Crippen molar-refractivity contribution in [2.24, 2.45) is 0 Å². The summed E-state index contributed by atoms with van der Waals surface area (Å²) in [4.78, 5) is 21.3. The van der Waals surface area contributed by atoms with Gasteiger partial charge in [-0.05, 0) is 50.3 Å². The van der Waals surface area contributed by atoms with Crippen molar-refractivity contribution in [3.05, 3.63) is 59.4 Å². The van der Waals surface area contributed by atoms with Gasteiger partial charge in [0.1, 0.15) is 11.4 Å². The molecule has 158 valence electrons. The molecule has 0 fully saturated rings. The van der Waals surface area contributed by atoms with E-state index < -0.39 is 5.97 Å². The van der Waals surface area contributed by atoms with Crippen molar-refractivity contribution in [2.45, 2.75) is 19.9 Å². The molecule has 2 heterocycles. The number of halogens is 1. The lowest BCUT2D eigenvalue weighted by molar-refractivity contribution is -0.134. The van der Waals surface area contributed by atoms with Crippen molar-refractivity contribution in [1.29, 1.82) is 0 Å². The first-order valence-corrected chi connectivity index (χ1v) is 10.2. The number of esters is 1. The average molecular weight is 436 g/mol. The summed E-state index contributed by atoms with van der Waals surface area (Å²) in [5.41, 5.74) is 4.54. The maximum absolute atomic E-state index is 11.9. The minimum Gasteiger partial charge on any atom is -0.497 e. The van der Waals surface area contributed by atoms with E-state index in [1.165, 1.54) is 13.2 Å². The van der Waals surface area contributed by atoms with Crippen LogP contribution in [-0.4, -0.2) is 34.7 Å². The molecule has 2 aromatic heterocycles. The van der Waals surface area contributed by atoms with E-state index in [0.29, 0.717) is 17.0 Å². The van der Waals surface area contributed by atoms with Gasteiger partial charge in [-0.25, -0.2) is 14.8 Å². The van der Waals surface area contributed by atoms with Gasteiger partial charge in [0.25, 0.3) is 0 Å². The lowest BCUT2D eigenvalue weighted by Gasteiger charge is -2.14. The summed E-state index contributed by atoms with van der Waals surface area (Å²) in [5.74, 6) is 0.266. The Morgan fingerprint density at radius 3 is 2.45 bits per heavy atom. The van der Waals surface area contributed by atoms with Gasteiger partial charge < -0.3 is 14.0 Å². The van der Waals surface area contributed by atoms with Gasteiger partial charge in [0, 0.05) is 28.6 Å². The number of benzene rings is 2. The summed E-state index contributed by atoms with van der Waals surface area (Å²) in [7, 11) is 2.98. The fraction of sp³-hybridized carbons (Fsp3) is 0.208. The molecule has 0 N–H and O–H groups in total. The molecule has 0 amide bonds. The molecule has 0 saturated carbocycles. The second-order valence-electron chi connectivity index (χ2n) is 7.32. The first-order valence-electron chi connectivity index (χ1n) is 9.85. The number of hydrogen-bond acceptors (Lipinski definition) is 5. The third kappa shape index (κ3) is 3.75. The van der Waals surface area contributed by atoms with Crippen LogP contribution in [0.5, 0.6) is 5.75 Å². The molecule has 0 aliphatic rings. The first kappa shape index (κ1) is 20.9. The van der Waals surface area contributed by atoms with E-state index in [-0.39, 0.29) is 11.2 Å². The summed E-state index contributed by atoms with van der Waals surface area (Å²) in [6.07, 6.45) is 3.14. The number of aromatic nitrogens is 3. The first-order chi connectivity index (χ1) is 14.9. The van der Waals surface area contributed by atoms with E-state index >= 15 is 0 Å². The van der Waals surface area contributed by atoms with Gasteiger partial charge in [-0.15, -0.1) is 0 Å². The van der Waals surface area contributed by atoms with Crippen LogP contribution in [0.2, 0.25) is 5.15 Å². The standard InChI is InChI=1S/C24H22ClN3O3/c1-14(2)28-19-10-9-15(30-3)13-16(19)22(20(28)11-12-21(29)31-4)23-24(25)27-18-8-6-5-7-17(18)26-23/h5-14H,1-4H3/b12-11+. The summed E-state index contributed by atoms with van der Waals surface area (Å²) in [5, 5.41) is 1.20. The zero-order valence-corrected chi connectivity index (χ0v) is 18.5. The predicted molar refractivity (Wildman–Crippen MR) is 123 cm³/mol. The molecule has 0 atom stereocenters. The number of hydrogen-bond donors (Lipinski definition) is 0. The Balaban J connectivity index is 2.12. The van der Waals surface area contributed by atoms with Crippen molar-refractivity contribution in [2.75, 3.05) is 14.2 Å². The zero-order valence-electron chi connectivity index (χ0n) is 17.7. The molecule has 0 spiro atoms. The Kier molecular flexibility index (Phi) is 5.65. The highest BCUT2D eigenvalue weighted by atomic mass is 35.5. The molecule has 0 saturated heterocycles. The molecular weight excluding hydrogens is 414 g/mol. The molecule has 0 aliphatic heterocycles. The van der Waals surface area contributed by atoms with Crippen LogP contribution in [0.15, 0.2) is 48.5 Å². The van der Waals surface area contributed by atoms with E-state index in [1.807, 2.05) is 42.5 Å². The molecule has 0 unspecified atom stereocenters. The topological polar surface area (TPSA) is 66.2 Å². The Morgan fingerprint density at radius 2 is 1.81 bits per heavy atom. The Labute approximate surface area is 185 Å². The van der Waals surface area contributed by atoms with Crippen LogP contribution in [0, 0.1) is 0 Å². The van der Waals surface area contributed by atoms with E-state index in [2.05, 4.69) is 23.4 Å². The highest BCUT2D eigenvalue weighted by Crippen LogP contribution is 2.41. The predicted octanol–water partition coefficient (Wildman–Crippen LogP) is 5.68. The Hall–Kier alpha value is -3.38. The Bertz CT molecular complexity index is 1320. The zero-order chi connectivity index (χ0) is 22.1. The third-order valence-corrected chi connectivity index (χ3v) is 5.37. The van der Waals surface area contributed by atoms with Crippen LogP contribution < -0.4 is 4.74 Å². The van der Waals surface area contributed by atoms with Crippen molar-refractivity contribution >= 4 is 45.6 Å². The van der Waals surface area contributed by atoms with Crippen LogP contribution in [0.25, 0.3) is 39.3 Å². The van der Waals surface area contributed by atoms with E-state index in [1.54, 1.807) is 13.2 Å². The maximum atomic E-state index is 11.9. The highest BCUT2D eigenvalue weighted by molar-refractivity contribution is 6.32. The summed E-state index contributed by atoms with van der Waals surface area (Å²) < 4.78 is 12.4. The van der Waals surface area contributed by atoms with Crippen LogP contribution in [-0.2, 0) is 9.53 Å². The monoisotopic (exact) mass is 435 g/mol. The second kappa shape index (κ2) is 8.40.